The number of piperidine rings is 1. The highest BCUT2D eigenvalue weighted by Crippen LogP contribution is 2.03. The number of likely N-dealkylation sites (tertiary alicyclic amines) is 1. The largest absolute Gasteiger partial charge is 1.00 e. The molecule has 1 saturated heterocycles. The van der Waals surface area contributed by atoms with Crippen LogP contribution in [0.4, 0.5) is 0 Å². The summed E-state index contributed by atoms with van der Waals surface area (Å²) in [4.78, 5) is 1.71. The minimum absolute atomic E-state index is 0. The van der Waals surface area contributed by atoms with Gasteiger partial charge in [0.05, 0.1) is 20.1 Å². The summed E-state index contributed by atoms with van der Waals surface area (Å²) in [5.74, 6) is 0.976. The lowest BCUT2D eigenvalue weighted by Crippen LogP contribution is -3.10. The average molecular weight is 133 g/mol. The molecule has 0 radical (unpaired) electrons. The number of rotatable bonds is 0. The van der Waals surface area contributed by atoms with Crippen molar-refractivity contribution in [3.63, 3.8) is 0 Å². The normalized spacial score (nSPS) is 35.3. The van der Waals surface area contributed by atoms with Gasteiger partial charge in [0.15, 0.2) is 0 Å². The first-order valence-corrected chi connectivity index (χ1v) is 3.60. The van der Waals surface area contributed by atoms with Crippen molar-refractivity contribution < 1.29 is 9.60 Å². The van der Waals surface area contributed by atoms with Gasteiger partial charge in [0, 0.05) is 5.92 Å². The lowest BCUT2D eigenvalue weighted by molar-refractivity contribution is -0.888. The fourth-order valence-corrected chi connectivity index (χ4v) is 1.55. The Morgan fingerprint density at radius 3 is 2.44 bits per heavy atom. The number of hydrogen-bond acceptors (Lipinski definition) is 0. The summed E-state index contributed by atoms with van der Waals surface area (Å²) in [5.41, 5.74) is 0. The van der Waals surface area contributed by atoms with Crippen LogP contribution < -0.4 is 9.60 Å². The van der Waals surface area contributed by atoms with Crippen LogP contribution in [0.15, 0.2) is 0 Å². The van der Waals surface area contributed by atoms with E-state index in [0.29, 0.717) is 0 Å². The zero-order valence-corrected chi connectivity index (χ0v) is 6.28. The van der Waals surface area contributed by atoms with Gasteiger partial charge in [-0.25, -0.2) is 0 Å². The fourth-order valence-electron chi connectivity index (χ4n) is 1.55. The van der Waals surface area contributed by atoms with Crippen molar-refractivity contribution in [1.29, 1.82) is 0 Å². The molecule has 1 nitrogen and oxygen atoms in total. The lowest BCUT2D eigenvalue weighted by Gasteiger charge is -2.23. The highest BCUT2D eigenvalue weighted by Gasteiger charge is 2.14. The van der Waals surface area contributed by atoms with Crippen molar-refractivity contribution in [2.24, 2.45) is 5.92 Å². The summed E-state index contributed by atoms with van der Waals surface area (Å²) < 4.78 is 0. The Morgan fingerprint density at radius 2 is 2.11 bits per heavy atom. The minimum Gasteiger partial charge on any atom is -1.00 e. The third-order valence-electron chi connectivity index (χ3n) is 2.00. The summed E-state index contributed by atoms with van der Waals surface area (Å²) in [5, 5.41) is 0. The monoisotopic (exact) mass is 133 g/mol. The van der Waals surface area contributed by atoms with Gasteiger partial charge in [-0.2, -0.15) is 0 Å². The fraction of sp³-hybridized carbons (Fsp3) is 1.00. The molecule has 0 aliphatic carbocycles. The van der Waals surface area contributed by atoms with Crippen molar-refractivity contribution in [3.8, 4) is 0 Å². The molecule has 1 aliphatic heterocycles. The maximum atomic E-state index is 2.35. The Balaban J connectivity index is 0.000000640. The van der Waals surface area contributed by atoms with Gasteiger partial charge >= 0.3 is 0 Å². The SMILES string of the molecule is CC1CCC[NH+](C)C1.[F-]. The van der Waals surface area contributed by atoms with Gasteiger partial charge in [-0.05, 0) is 12.8 Å². The van der Waals surface area contributed by atoms with E-state index in [1.807, 2.05) is 0 Å². The second kappa shape index (κ2) is 3.83. The van der Waals surface area contributed by atoms with E-state index in [-0.39, 0.29) is 4.70 Å². The predicted octanol–water partition coefficient (Wildman–Crippen LogP) is -3.06. The van der Waals surface area contributed by atoms with Gasteiger partial charge in [0.1, 0.15) is 0 Å². The first kappa shape index (κ1) is 8.89. The van der Waals surface area contributed by atoms with Crippen molar-refractivity contribution in [3.05, 3.63) is 0 Å². The topological polar surface area (TPSA) is 4.44 Å². The second-order valence-electron chi connectivity index (χ2n) is 3.16. The van der Waals surface area contributed by atoms with E-state index >= 15 is 0 Å². The molecule has 2 unspecified atom stereocenters. The molecule has 2 heteroatoms. The smallest absolute Gasteiger partial charge is 0.0794 e. The van der Waals surface area contributed by atoms with Gasteiger partial charge in [0.25, 0.3) is 0 Å². The van der Waals surface area contributed by atoms with E-state index in [1.165, 1.54) is 25.9 Å². The molecule has 1 N–H and O–H groups in total. The molecule has 1 fully saturated rings. The highest BCUT2D eigenvalue weighted by molar-refractivity contribution is 4.53. The molecule has 0 aromatic rings. The molecule has 0 spiro atoms. The molecule has 0 amide bonds. The van der Waals surface area contributed by atoms with Gasteiger partial charge in [0.2, 0.25) is 0 Å². The molecule has 1 heterocycles. The van der Waals surface area contributed by atoms with E-state index in [9.17, 15) is 0 Å². The molecule has 0 bridgehead atoms. The van der Waals surface area contributed by atoms with E-state index in [4.69, 9.17) is 0 Å². The Hall–Kier alpha value is -0.110. The highest BCUT2D eigenvalue weighted by atomic mass is 19.0. The number of hydrogen-bond donors (Lipinski definition) is 1. The Labute approximate surface area is 56.4 Å². The van der Waals surface area contributed by atoms with Crippen LogP contribution in [0.2, 0.25) is 0 Å². The molecule has 0 saturated carbocycles. The van der Waals surface area contributed by atoms with Crippen molar-refractivity contribution in [2.45, 2.75) is 19.8 Å². The number of nitrogens with one attached hydrogen (secondary N) is 1. The lowest BCUT2D eigenvalue weighted by atomic mass is 10.0. The maximum absolute atomic E-state index is 2.35. The van der Waals surface area contributed by atoms with E-state index in [1.54, 1.807) is 4.90 Å². The Kier molecular flexibility index (Phi) is 3.78. The van der Waals surface area contributed by atoms with Gasteiger partial charge in [-0.3, -0.25) is 0 Å². The third kappa shape index (κ3) is 2.80. The average Bonchev–Trinajstić information content (AvgIpc) is 1.64. The molecule has 9 heavy (non-hydrogen) atoms. The van der Waals surface area contributed by atoms with Crippen LogP contribution in [0, 0.1) is 5.92 Å². The predicted molar refractivity (Wildman–Crippen MR) is 35.0 cm³/mol. The van der Waals surface area contributed by atoms with Crippen molar-refractivity contribution >= 4 is 0 Å². The summed E-state index contributed by atoms with van der Waals surface area (Å²) in [6.07, 6.45) is 2.89. The Bertz CT molecular complexity index is 67.3. The van der Waals surface area contributed by atoms with Crippen LogP contribution in [0.25, 0.3) is 0 Å². The van der Waals surface area contributed by atoms with E-state index in [2.05, 4.69) is 14.0 Å². The van der Waals surface area contributed by atoms with E-state index in [0.717, 1.165) is 5.92 Å². The number of quaternary nitrogens is 1. The van der Waals surface area contributed by atoms with Crippen LogP contribution >= 0.6 is 0 Å². The quantitative estimate of drug-likeness (QED) is 0.358. The summed E-state index contributed by atoms with van der Waals surface area (Å²) in [6, 6.07) is 0. The van der Waals surface area contributed by atoms with Crippen molar-refractivity contribution in [1.82, 2.24) is 0 Å². The summed E-state index contributed by atoms with van der Waals surface area (Å²) >= 11 is 0. The van der Waals surface area contributed by atoms with Crippen LogP contribution in [-0.2, 0) is 0 Å². The summed E-state index contributed by atoms with van der Waals surface area (Å²) in [7, 11) is 2.29. The second-order valence-corrected chi connectivity index (χ2v) is 3.16. The van der Waals surface area contributed by atoms with E-state index < -0.39 is 0 Å². The molecule has 1 aliphatic rings. The Morgan fingerprint density at radius 1 is 1.44 bits per heavy atom. The van der Waals surface area contributed by atoms with Crippen LogP contribution in [0.3, 0.4) is 0 Å². The molecule has 0 aromatic heterocycles. The zero-order chi connectivity index (χ0) is 5.98. The molecule has 56 valence electrons. The molecule has 0 aromatic carbocycles. The van der Waals surface area contributed by atoms with Crippen LogP contribution in [0.5, 0.6) is 0 Å². The van der Waals surface area contributed by atoms with Crippen LogP contribution in [-0.4, -0.2) is 20.1 Å². The maximum Gasteiger partial charge on any atom is 0.0794 e. The first-order valence-electron chi connectivity index (χ1n) is 3.60. The molecular weight excluding hydrogens is 117 g/mol. The van der Waals surface area contributed by atoms with Gasteiger partial charge in [-0.15, -0.1) is 0 Å². The standard InChI is InChI=1S/C7H15N.FH/c1-7-4-3-5-8(2)6-7;/h7H,3-6H2,1-2H3;1H. The number of halogens is 1. The zero-order valence-electron chi connectivity index (χ0n) is 6.28. The minimum atomic E-state index is 0. The van der Waals surface area contributed by atoms with Gasteiger partial charge < -0.3 is 9.60 Å². The molecule has 2 atom stereocenters. The first-order chi connectivity index (χ1) is 3.79. The van der Waals surface area contributed by atoms with Crippen molar-refractivity contribution in [2.75, 3.05) is 20.1 Å². The van der Waals surface area contributed by atoms with Crippen LogP contribution in [0.1, 0.15) is 19.8 Å². The summed E-state index contributed by atoms with van der Waals surface area (Å²) in [6.45, 7) is 5.13. The van der Waals surface area contributed by atoms with Gasteiger partial charge in [-0.1, -0.05) is 6.92 Å². The molecule has 1 rings (SSSR count). The molecular formula is C7H16FN. The third-order valence-corrected chi connectivity index (χ3v) is 2.00.